The molecule has 0 aliphatic carbocycles. The molecule has 1 aromatic heterocycles. The van der Waals surface area contributed by atoms with Crippen LogP contribution < -0.4 is 10.6 Å². The van der Waals surface area contributed by atoms with Gasteiger partial charge in [0.15, 0.2) is 0 Å². The van der Waals surface area contributed by atoms with E-state index in [4.69, 9.17) is 11.6 Å². The molecule has 1 saturated heterocycles. The van der Waals surface area contributed by atoms with Crippen LogP contribution in [-0.2, 0) is 0 Å². The summed E-state index contributed by atoms with van der Waals surface area (Å²) >= 11 is 6.20. The molecule has 128 valence electrons. The zero-order valence-electron chi connectivity index (χ0n) is 13.8. The number of carbonyl (C=O) groups excluding carboxylic acids is 1. The van der Waals surface area contributed by atoms with Crippen molar-refractivity contribution >= 4 is 28.4 Å². The predicted molar refractivity (Wildman–Crippen MR) is 102 cm³/mol. The highest BCUT2D eigenvalue weighted by Gasteiger charge is 2.22. The van der Waals surface area contributed by atoms with Crippen molar-refractivity contribution in [1.29, 1.82) is 0 Å². The van der Waals surface area contributed by atoms with Gasteiger partial charge in [0.05, 0.1) is 0 Å². The maximum absolute atomic E-state index is 13.0. The number of fused-ring (bicyclic) bond motifs is 1. The minimum atomic E-state index is -0.0696. The van der Waals surface area contributed by atoms with Crippen molar-refractivity contribution in [3.05, 3.63) is 59.2 Å². The number of benzene rings is 2. The molecule has 0 saturated carbocycles. The lowest BCUT2D eigenvalue weighted by atomic mass is 10.0. The van der Waals surface area contributed by atoms with Crippen molar-refractivity contribution < 1.29 is 4.79 Å². The topological polar surface area (TPSA) is 56.9 Å². The fourth-order valence-corrected chi connectivity index (χ4v) is 3.64. The van der Waals surface area contributed by atoms with Crippen LogP contribution in [0, 0.1) is 0 Å². The van der Waals surface area contributed by atoms with Gasteiger partial charge in [-0.1, -0.05) is 41.9 Å². The minimum absolute atomic E-state index is 0.0696. The van der Waals surface area contributed by atoms with Crippen molar-refractivity contribution in [2.24, 2.45) is 0 Å². The Balaban J connectivity index is 1.78. The Bertz CT molecular complexity index is 898. The van der Waals surface area contributed by atoms with E-state index in [1.54, 1.807) is 0 Å². The van der Waals surface area contributed by atoms with Crippen LogP contribution in [0.5, 0.6) is 0 Å². The first kappa shape index (κ1) is 16.2. The molecule has 2 heterocycles. The van der Waals surface area contributed by atoms with Crippen LogP contribution in [0.1, 0.15) is 23.3 Å². The van der Waals surface area contributed by atoms with Crippen LogP contribution in [0.3, 0.4) is 0 Å². The standard InChI is InChI=1S/C20H20ClN3O/c21-14-8-9-17-16(11-14)18(13-5-2-1-3-6-13)19(24-17)20(25)23-15-7-4-10-22-12-15/h1-3,5-6,8-9,11,15,22,24H,4,7,10,12H2,(H,23,25)/t15-/m1/s1. The molecule has 1 atom stereocenters. The van der Waals surface area contributed by atoms with E-state index in [2.05, 4.69) is 15.6 Å². The maximum atomic E-state index is 13.0. The molecule has 1 aliphatic heterocycles. The van der Waals surface area contributed by atoms with Gasteiger partial charge < -0.3 is 15.6 Å². The summed E-state index contributed by atoms with van der Waals surface area (Å²) < 4.78 is 0. The van der Waals surface area contributed by atoms with Gasteiger partial charge in [-0.25, -0.2) is 0 Å². The molecule has 1 fully saturated rings. The first-order chi connectivity index (χ1) is 12.2. The zero-order valence-corrected chi connectivity index (χ0v) is 14.6. The molecule has 0 unspecified atom stereocenters. The Morgan fingerprint density at radius 3 is 2.76 bits per heavy atom. The monoisotopic (exact) mass is 353 g/mol. The number of amides is 1. The molecule has 0 radical (unpaired) electrons. The van der Waals surface area contributed by atoms with E-state index in [0.29, 0.717) is 10.7 Å². The van der Waals surface area contributed by atoms with Gasteiger partial charge in [-0.3, -0.25) is 4.79 Å². The maximum Gasteiger partial charge on any atom is 0.268 e. The molecule has 4 nitrogen and oxygen atoms in total. The summed E-state index contributed by atoms with van der Waals surface area (Å²) in [4.78, 5) is 16.2. The normalized spacial score (nSPS) is 17.6. The van der Waals surface area contributed by atoms with Crippen molar-refractivity contribution in [1.82, 2.24) is 15.6 Å². The number of rotatable bonds is 3. The van der Waals surface area contributed by atoms with E-state index in [1.165, 1.54) is 0 Å². The van der Waals surface area contributed by atoms with Crippen LogP contribution in [-0.4, -0.2) is 30.0 Å². The smallest absolute Gasteiger partial charge is 0.268 e. The number of hydrogen-bond donors (Lipinski definition) is 3. The van der Waals surface area contributed by atoms with Gasteiger partial charge in [-0.05, 0) is 43.1 Å². The van der Waals surface area contributed by atoms with E-state index < -0.39 is 0 Å². The number of carbonyl (C=O) groups is 1. The molecular weight excluding hydrogens is 334 g/mol. The van der Waals surface area contributed by atoms with Gasteiger partial charge in [0.25, 0.3) is 5.91 Å². The van der Waals surface area contributed by atoms with Crippen molar-refractivity contribution in [3.8, 4) is 11.1 Å². The van der Waals surface area contributed by atoms with E-state index in [9.17, 15) is 4.79 Å². The fraction of sp³-hybridized carbons (Fsp3) is 0.250. The lowest BCUT2D eigenvalue weighted by molar-refractivity contribution is 0.0927. The molecule has 25 heavy (non-hydrogen) atoms. The van der Waals surface area contributed by atoms with E-state index in [-0.39, 0.29) is 11.9 Å². The summed E-state index contributed by atoms with van der Waals surface area (Å²) in [6.45, 7) is 1.84. The highest BCUT2D eigenvalue weighted by molar-refractivity contribution is 6.31. The molecule has 4 rings (SSSR count). The number of halogens is 1. The second-order valence-electron chi connectivity index (χ2n) is 6.45. The lowest BCUT2D eigenvalue weighted by Crippen LogP contribution is -2.45. The van der Waals surface area contributed by atoms with E-state index in [1.807, 2.05) is 48.5 Å². The van der Waals surface area contributed by atoms with Crippen molar-refractivity contribution in [2.45, 2.75) is 18.9 Å². The van der Waals surface area contributed by atoms with Crippen molar-refractivity contribution in [2.75, 3.05) is 13.1 Å². The van der Waals surface area contributed by atoms with Gasteiger partial charge in [-0.2, -0.15) is 0 Å². The summed E-state index contributed by atoms with van der Waals surface area (Å²) in [6.07, 6.45) is 2.09. The van der Waals surface area contributed by atoms with Gasteiger partial charge in [0, 0.05) is 34.1 Å². The highest BCUT2D eigenvalue weighted by Crippen LogP contribution is 2.34. The average molecular weight is 354 g/mol. The molecule has 5 heteroatoms. The molecule has 0 spiro atoms. The second kappa shape index (κ2) is 6.90. The third-order valence-electron chi connectivity index (χ3n) is 4.68. The quantitative estimate of drug-likeness (QED) is 0.667. The van der Waals surface area contributed by atoms with E-state index >= 15 is 0 Å². The van der Waals surface area contributed by atoms with Gasteiger partial charge in [0.2, 0.25) is 0 Å². The highest BCUT2D eigenvalue weighted by atomic mass is 35.5. The number of aromatic nitrogens is 1. The Morgan fingerprint density at radius 2 is 2.00 bits per heavy atom. The Kier molecular flexibility index (Phi) is 4.47. The molecule has 3 N–H and O–H groups in total. The first-order valence-electron chi connectivity index (χ1n) is 8.60. The molecule has 2 aromatic carbocycles. The van der Waals surface area contributed by atoms with Crippen LogP contribution in [0.2, 0.25) is 5.02 Å². The van der Waals surface area contributed by atoms with Gasteiger partial charge in [0.1, 0.15) is 5.69 Å². The lowest BCUT2D eigenvalue weighted by Gasteiger charge is -2.23. The van der Waals surface area contributed by atoms with Gasteiger partial charge >= 0.3 is 0 Å². The van der Waals surface area contributed by atoms with Crippen molar-refractivity contribution in [3.63, 3.8) is 0 Å². The third-order valence-corrected chi connectivity index (χ3v) is 4.92. The Morgan fingerprint density at radius 1 is 1.16 bits per heavy atom. The number of H-pyrrole nitrogens is 1. The Hall–Kier alpha value is -2.30. The SMILES string of the molecule is O=C(N[C@@H]1CCCNC1)c1[nH]c2ccc(Cl)cc2c1-c1ccccc1. The van der Waals surface area contributed by atoms with Crippen LogP contribution in [0.15, 0.2) is 48.5 Å². The molecule has 1 aliphatic rings. The van der Waals surface area contributed by atoms with Crippen LogP contribution in [0.4, 0.5) is 0 Å². The van der Waals surface area contributed by atoms with Gasteiger partial charge in [-0.15, -0.1) is 0 Å². The summed E-state index contributed by atoms with van der Waals surface area (Å²) in [5.41, 5.74) is 3.41. The summed E-state index contributed by atoms with van der Waals surface area (Å²) in [6, 6.07) is 15.8. The van der Waals surface area contributed by atoms with Crippen LogP contribution in [0.25, 0.3) is 22.0 Å². The number of hydrogen-bond acceptors (Lipinski definition) is 2. The zero-order chi connectivity index (χ0) is 17.2. The molecule has 1 amide bonds. The fourth-order valence-electron chi connectivity index (χ4n) is 3.47. The number of piperidine rings is 1. The average Bonchev–Trinajstić information content (AvgIpc) is 3.02. The van der Waals surface area contributed by atoms with E-state index in [0.717, 1.165) is 48.0 Å². The summed E-state index contributed by atoms with van der Waals surface area (Å²) in [5.74, 6) is -0.0696. The number of aromatic amines is 1. The third kappa shape index (κ3) is 3.28. The largest absolute Gasteiger partial charge is 0.350 e. The number of nitrogens with one attached hydrogen (secondary N) is 3. The molecule has 3 aromatic rings. The Labute approximate surface area is 151 Å². The van der Waals surface area contributed by atoms with Crippen LogP contribution >= 0.6 is 11.6 Å². The predicted octanol–water partition coefficient (Wildman–Crippen LogP) is 3.97. The minimum Gasteiger partial charge on any atom is -0.350 e. The first-order valence-corrected chi connectivity index (χ1v) is 8.98. The molecule has 0 bridgehead atoms. The summed E-state index contributed by atoms with van der Waals surface area (Å²) in [5, 5.41) is 8.11. The second-order valence-corrected chi connectivity index (χ2v) is 6.88. The molecular formula is C20H20ClN3O. The summed E-state index contributed by atoms with van der Waals surface area (Å²) in [7, 11) is 0.